The molecule has 0 aliphatic carbocycles. The minimum Gasteiger partial charge on any atom is -0.441 e. The van der Waals surface area contributed by atoms with Crippen molar-refractivity contribution in [2.75, 3.05) is 0 Å². The Bertz CT molecular complexity index is 875. The number of oxazole rings is 1. The van der Waals surface area contributed by atoms with E-state index in [1.165, 1.54) is 5.56 Å². The number of aromatic amines is 1. The molecule has 1 N–H and O–H groups in total. The molecule has 3 rings (SSSR count). The zero-order chi connectivity index (χ0) is 16.4. The van der Waals surface area contributed by atoms with Crippen LogP contribution in [0, 0.1) is 12.8 Å². The zero-order valence-corrected chi connectivity index (χ0v) is 13.6. The smallest absolute Gasteiger partial charge is 0.255 e. The second-order valence-corrected chi connectivity index (χ2v) is 6.17. The van der Waals surface area contributed by atoms with Crippen molar-refractivity contribution in [2.24, 2.45) is 5.92 Å². The monoisotopic (exact) mass is 308 g/mol. The van der Waals surface area contributed by atoms with Crippen LogP contribution in [0.2, 0.25) is 0 Å². The highest BCUT2D eigenvalue weighted by molar-refractivity contribution is 5.71. The molecule has 0 fully saturated rings. The van der Waals surface area contributed by atoms with E-state index >= 15 is 0 Å². The van der Waals surface area contributed by atoms with Crippen LogP contribution >= 0.6 is 0 Å². The molecule has 0 unspecified atom stereocenters. The quantitative estimate of drug-likeness (QED) is 0.785. The number of benzene rings is 1. The van der Waals surface area contributed by atoms with E-state index in [1.54, 1.807) is 12.4 Å². The van der Waals surface area contributed by atoms with Crippen LogP contribution in [0.15, 0.2) is 51.9 Å². The average molecular weight is 308 g/mol. The van der Waals surface area contributed by atoms with Gasteiger partial charge in [0.05, 0.1) is 6.20 Å². The van der Waals surface area contributed by atoms with Crippen molar-refractivity contribution in [1.82, 2.24) is 9.97 Å². The molecule has 3 aromatic rings. The molecular formula is C19H20N2O2. The summed E-state index contributed by atoms with van der Waals surface area (Å²) in [7, 11) is 0. The van der Waals surface area contributed by atoms with E-state index in [4.69, 9.17) is 4.42 Å². The van der Waals surface area contributed by atoms with Crippen LogP contribution in [0.5, 0.6) is 0 Å². The summed E-state index contributed by atoms with van der Waals surface area (Å²) in [6.45, 7) is 6.19. The molecule has 0 radical (unpaired) electrons. The van der Waals surface area contributed by atoms with E-state index in [0.29, 0.717) is 17.4 Å². The summed E-state index contributed by atoms with van der Waals surface area (Å²) in [6, 6.07) is 9.85. The topological polar surface area (TPSA) is 58.9 Å². The molecule has 4 heteroatoms. The first-order valence-electron chi connectivity index (χ1n) is 7.78. The first-order valence-corrected chi connectivity index (χ1v) is 7.78. The van der Waals surface area contributed by atoms with Gasteiger partial charge in [-0.2, -0.15) is 0 Å². The Morgan fingerprint density at radius 3 is 2.65 bits per heavy atom. The number of hydrogen-bond acceptors (Lipinski definition) is 3. The number of pyridine rings is 1. The van der Waals surface area contributed by atoms with Crippen LogP contribution in [0.1, 0.15) is 25.3 Å². The second-order valence-electron chi connectivity index (χ2n) is 6.17. The van der Waals surface area contributed by atoms with E-state index in [2.05, 4.69) is 35.9 Å². The number of rotatable bonds is 4. The Morgan fingerprint density at radius 1 is 1.22 bits per heavy atom. The SMILES string of the molecule is Cc1ncc(-c2cc(CC(C)C)cc(-c3ccc[nH]c3=O)c2)o1. The highest BCUT2D eigenvalue weighted by atomic mass is 16.4. The minimum absolute atomic E-state index is 0.0890. The van der Waals surface area contributed by atoms with Crippen LogP contribution in [0.25, 0.3) is 22.5 Å². The lowest BCUT2D eigenvalue weighted by Gasteiger charge is -2.10. The molecule has 2 aromatic heterocycles. The Kier molecular flexibility index (Phi) is 4.15. The summed E-state index contributed by atoms with van der Waals surface area (Å²) in [6.07, 6.45) is 4.31. The van der Waals surface area contributed by atoms with Crippen LogP contribution in [-0.2, 0) is 6.42 Å². The van der Waals surface area contributed by atoms with Crippen LogP contribution < -0.4 is 5.56 Å². The fourth-order valence-corrected chi connectivity index (χ4v) is 2.72. The fraction of sp³-hybridized carbons (Fsp3) is 0.263. The summed E-state index contributed by atoms with van der Waals surface area (Å²) < 4.78 is 5.65. The van der Waals surface area contributed by atoms with E-state index in [0.717, 1.165) is 23.3 Å². The van der Waals surface area contributed by atoms with E-state index in [1.807, 2.05) is 25.1 Å². The third-order valence-corrected chi connectivity index (χ3v) is 3.67. The average Bonchev–Trinajstić information content (AvgIpc) is 2.93. The molecule has 4 nitrogen and oxygen atoms in total. The van der Waals surface area contributed by atoms with Gasteiger partial charge in [0.2, 0.25) is 0 Å². The standard InChI is InChI=1S/C19H20N2O2/c1-12(2)7-14-8-15(17-5-4-6-20-19(17)22)10-16(9-14)18-11-21-13(3)23-18/h4-6,8-12H,7H2,1-3H3,(H,20,22). The van der Waals surface area contributed by atoms with Gasteiger partial charge in [0.15, 0.2) is 11.7 Å². The first-order chi connectivity index (χ1) is 11.0. The summed E-state index contributed by atoms with van der Waals surface area (Å²) in [5.74, 6) is 1.89. The van der Waals surface area contributed by atoms with Gasteiger partial charge in [-0.1, -0.05) is 19.9 Å². The van der Waals surface area contributed by atoms with Gasteiger partial charge >= 0.3 is 0 Å². The number of hydrogen-bond donors (Lipinski definition) is 1. The largest absolute Gasteiger partial charge is 0.441 e. The summed E-state index contributed by atoms with van der Waals surface area (Å²) >= 11 is 0. The molecule has 0 atom stereocenters. The van der Waals surface area contributed by atoms with Crippen LogP contribution in [0.3, 0.4) is 0 Å². The molecule has 0 amide bonds. The molecule has 0 saturated heterocycles. The Labute approximate surface area is 135 Å². The number of H-pyrrole nitrogens is 1. The number of nitrogens with zero attached hydrogens (tertiary/aromatic N) is 1. The van der Waals surface area contributed by atoms with Crippen LogP contribution in [0.4, 0.5) is 0 Å². The third kappa shape index (κ3) is 3.42. The minimum atomic E-state index is -0.0890. The Hall–Kier alpha value is -2.62. The summed E-state index contributed by atoms with van der Waals surface area (Å²) in [5, 5.41) is 0. The fourth-order valence-electron chi connectivity index (χ4n) is 2.72. The predicted octanol–water partition coefficient (Wildman–Crippen LogP) is 4.20. The molecule has 0 saturated carbocycles. The maximum atomic E-state index is 12.1. The van der Waals surface area contributed by atoms with Crippen LogP contribution in [-0.4, -0.2) is 9.97 Å². The van der Waals surface area contributed by atoms with Crippen molar-refractivity contribution in [2.45, 2.75) is 27.2 Å². The van der Waals surface area contributed by atoms with Gasteiger partial charge in [-0.15, -0.1) is 0 Å². The van der Waals surface area contributed by atoms with Crippen molar-refractivity contribution in [1.29, 1.82) is 0 Å². The molecule has 23 heavy (non-hydrogen) atoms. The van der Waals surface area contributed by atoms with Gasteiger partial charge in [-0.05, 0) is 47.7 Å². The van der Waals surface area contributed by atoms with Gasteiger partial charge in [-0.25, -0.2) is 4.98 Å². The molecule has 0 aliphatic heterocycles. The van der Waals surface area contributed by atoms with Gasteiger partial charge in [-0.3, -0.25) is 4.79 Å². The molecule has 0 spiro atoms. The van der Waals surface area contributed by atoms with Crippen molar-refractivity contribution >= 4 is 0 Å². The van der Waals surface area contributed by atoms with Gasteiger partial charge in [0, 0.05) is 24.2 Å². The maximum Gasteiger partial charge on any atom is 0.255 e. The molecule has 0 aliphatic rings. The number of aryl methyl sites for hydroxylation is 1. The van der Waals surface area contributed by atoms with Crippen molar-refractivity contribution in [3.63, 3.8) is 0 Å². The maximum absolute atomic E-state index is 12.1. The third-order valence-electron chi connectivity index (χ3n) is 3.67. The van der Waals surface area contributed by atoms with Crippen molar-refractivity contribution in [3.05, 3.63) is 64.5 Å². The van der Waals surface area contributed by atoms with E-state index in [9.17, 15) is 4.79 Å². The number of nitrogens with one attached hydrogen (secondary N) is 1. The molecule has 118 valence electrons. The van der Waals surface area contributed by atoms with Crippen molar-refractivity contribution in [3.8, 4) is 22.5 Å². The number of aromatic nitrogens is 2. The molecular weight excluding hydrogens is 288 g/mol. The lowest BCUT2D eigenvalue weighted by atomic mass is 9.95. The van der Waals surface area contributed by atoms with Gasteiger partial charge in [0.25, 0.3) is 5.56 Å². The van der Waals surface area contributed by atoms with Gasteiger partial charge < -0.3 is 9.40 Å². The first kappa shape index (κ1) is 15.3. The Morgan fingerprint density at radius 2 is 2.00 bits per heavy atom. The predicted molar refractivity (Wildman–Crippen MR) is 91.3 cm³/mol. The lowest BCUT2D eigenvalue weighted by molar-refractivity contribution is 0.534. The highest BCUT2D eigenvalue weighted by Gasteiger charge is 2.11. The summed E-state index contributed by atoms with van der Waals surface area (Å²) in [5.41, 5.74) is 3.60. The van der Waals surface area contributed by atoms with E-state index in [-0.39, 0.29) is 5.56 Å². The summed E-state index contributed by atoms with van der Waals surface area (Å²) in [4.78, 5) is 19.0. The van der Waals surface area contributed by atoms with Gasteiger partial charge in [0.1, 0.15) is 0 Å². The Balaban J connectivity index is 2.15. The lowest BCUT2D eigenvalue weighted by Crippen LogP contribution is -2.07. The highest BCUT2D eigenvalue weighted by Crippen LogP contribution is 2.28. The van der Waals surface area contributed by atoms with Crippen molar-refractivity contribution < 1.29 is 4.42 Å². The molecule has 0 bridgehead atoms. The van der Waals surface area contributed by atoms with E-state index < -0.39 is 0 Å². The molecule has 1 aromatic carbocycles. The normalized spacial score (nSPS) is 11.1. The molecule has 2 heterocycles. The second kappa shape index (κ2) is 6.24. The zero-order valence-electron chi connectivity index (χ0n) is 13.6.